The monoisotopic (exact) mass is 361 g/mol. The van der Waals surface area contributed by atoms with E-state index in [1.165, 1.54) is 5.56 Å². The van der Waals surface area contributed by atoms with Gasteiger partial charge >= 0.3 is 0 Å². The highest BCUT2D eigenvalue weighted by molar-refractivity contribution is 5.84. The zero-order valence-corrected chi connectivity index (χ0v) is 17.1. The number of hydrogen-bond acceptors (Lipinski definition) is 4. The summed E-state index contributed by atoms with van der Waals surface area (Å²) in [5.74, 6) is 1.61. The Kier molecular flexibility index (Phi) is 7.66. The molecule has 0 amide bonds. The molecule has 1 aliphatic heterocycles. The highest BCUT2D eigenvalue weighted by Gasteiger charge is 2.34. The number of nitrogens with zero attached hydrogens (tertiary/aromatic N) is 1. The summed E-state index contributed by atoms with van der Waals surface area (Å²) in [5, 5.41) is 0. The molecular weight excluding hydrogens is 326 g/mol. The van der Waals surface area contributed by atoms with Gasteiger partial charge in [0, 0.05) is 26.1 Å². The predicted molar refractivity (Wildman–Crippen MR) is 106 cm³/mol. The van der Waals surface area contributed by atoms with Crippen LogP contribution >= 0.6 is 0 Å². The van der Waals surface area contributed by atoms with E-state index in [1.54, 1.807) is 0 Å². The fourth-order valence-corrected chi connectivity index (χ4v) is 3.66. The predicted octanol–water partition coefficient (Wildman–Crippen LogP) is 3.97. The van der Waals surface area contributed by atoms with Gasteiger partial charge < -0.3 is 14.4 Å². The Labute approximate surface area is 158 Å². The van der Waals surface area contributed by atoms with Crippen LogP contribution in [0, 0.1) is 11.3 Å². The number of likely N-dealkylation sites (N-methyl/N-ethyl adjacent to an activating group) is 1. The average Bonchev–Trinajstić information content (AvgIpc) is 2.97. The highest BCUT2D eigenvalue weighted by Crippen LogP contribution is 2.28. The topological polar surface area (TPSA) is 38.8 Å². The molecule has 0 saturated carbocycles. The van der Waals surface area contributed by atoms with Crippen LogP contribution in [0.25, 0.3) is 0 Å². The maximum atomic E-state index is 12.8. The number of para-hydroxylation sites is 1. The van der Waals surface area contributed by atoms with Crippen LogP contribution in [-0.2, 0) is 16.0 Å². The standard InChI is InChI=1S/C22H35NO3/c1-6-17-10-8-9-11-19(17)26-16-22(3,4)21(24)13-12-18-14-23(5)15-20(18)25-7-2/h8-11,18,20H,6-7,12-16H2,1-5H3/t18-,20-/m0/s1. The SMILES string of the molecule is CCO[C@H]1CN(C)C[C@@H]1CCC(=O)C(C)(C)COc1ccccc1CC. The maximum absolute atomic E-state index is 12.8. The summed E-state index contributed by atoms with van der Waals surface area (Å²) in [6.07, 6.45) is 2.67. The highest BCUT2D eigenvalue weighted by atomic mass is 16.5. The van der Waals surface area contributed by atoms with Crippen molar-refractivity contribution in [2.45, 2.75) is 53.1 Å². The van der Waals surface area contributed by atoms with Crippen LogP contribution in [0.3, 0.4) is 0 Å². The molecule has 26 heavy (non-hydrogen) atoms. The third-order valence-corrected chi connectivity index (χ3v) is 5.38. The van der Waals surface area contributed by atoms with Crippen molar-refractivity contribution in [1.29, 1.82) is 0 Å². The molecule has 0 spiro atoms. The molecule has 1 aromatic rings. The summed E-state index contributed by atoms with van der Waals surface area (Å²) in [6.45, 7) is 11.3. The first-order chi connectivity index (χ1) is 12.4. The number of hydrogen-bond donors (Lipinski definition) is 0. The van der Waals surface area contributed by atoms with Crippen molar-refractivity contribution < 1.29 is 14.3 Å². The number of rotatable bonds is 10. The van der Waals surface area contributed by atoms with Gasteiger partial charge in [-0.1, -0.05) is 25.1 Å². The van der Waals surface area contributed by atoms with E-state index in [2.05, 4.69) is 24.9 Å². The quantitative estimate of drug-likeness (QED) is 0.632. The van der Waals surface area contributed by atoms with E-state index in [9.17, 15) is 4.79 Å². The van der Waals surface area contributed by atoms with Gasteiger partial charge in [0.2, 0.25) is 0 Å². The van der Waals surface area contributed by atoms with Gasteiger partial charge in [-0.2, -0.15) is 0 Å². The number of ketones is 1. The number of carbonyl (C=O) groups excluding carboxylic acids is 1. The summed E-state index contributed by atoms with van der Waals surface area (Å²) >= 11 is 0. The number of likely N-dealkylation sites (tertiary alicyclic amines) is 1. The lowest BCUT2D eigenvalue weighted by molar-refractivity contribution is -0.129. The molecule has 1 aliphatic rings. The lowest BCUT2D eigenvalue weighted by atomic mass is 9.84. The zero-order valence-electron chi connectivity index (χ0n) is 17.1. The molecular formula is C22H35NO3. The number of carbonyl (C=O) groups is 1. The Morgan fingerprint density at radius 2 is 1.96 bits per heavy atom. The van der Waals surface area contributed by atoms with E-state index in [0.29, 0.717) is 18.9 Å². The van der Waals surface area contributed by atoms with E-state index >= 15 is 0 Å². The molecule has 0 bridgehead atoms. The third-order valence-electron chi connectivity index (χ3n) is 5.38. The Morgan fingerprint density at radius 3 is 2.65 bits per heavy atom. The van der Waals surface area contributed by atoms with Gasteiger partial charge in [0.15, 0.2) is 0 Å². The number of benzene rings is 1. The van der Waals surface area contributed by atoms with Crippen molar-refractivity contribution in [3.05, 3.63) is 29.8 Å². The van der Waals surface area contributed by atoms with E-state index in [4.69, 9.17) is 9.47 Å². The third kappa shape index (κ3) is 5.55. The fourth-order valence-electron chi connectivity index (χ4n) is 3.66. The molecule has 1 saturated heterocycles. The molecule has 1 fully saturated rings. The van der Waals surface area contributed by atoms with Crippen LogP contribution in [0.2, 0.25) is 0 Å². The molecule has 2 atom stereocenters. The molecule has 2 rings (SSSR count). The van der Waals surface area contributed by atoms with Crippen molar-refractivity contribution in [2.75, 3.05) is 33.4 Å². The first kappa shape index (κ1) is 20.9. The van der Waals surface area contributed by atoms with E-state index < -0.39 is 5.41 Å². The minimum absolute atomic E-state index is 0.258. The van der Waals surface area contributed by atoms with Crippen LogP contribution in [0.1, 0.15) is 46.1 Å². The normalized spacial score (nSPS) is 21.1. The van der Waals surface area contributed by atoms with Gasteiger partial charge in [0.1, 0.15) is 18.1 Å². The molecule has 1 aromatic carbocycles. The van der Waals surface area contributed by atoms with E-state index in [1.807, 2.05) is 39.0 Å². The smallest absolute Gasteiger partial charge is 0.141 e. The van der Waals surface area contributed by atoms with Gasteiger partial charge in [-0.05, 0) is 58.2 Å². The lowest BCUT2D eigenvalue weighted by Crippen LogP contribution is -2.32. The molecule has 1 heterocycles. The largest absolute Gasteiger partial charge is 0.492 e. The Balaban J connectivity index is 1.87. The second kappa shape index (κ2) is 9.52. The Morgan fingerprint density at radius 1 is 1.23 bits per heavy atom. The van der Waals surface area contributed by atoms with Crippen molar-refractivity contribution in [2.24, 2.45) is 11.3 Å². The number of Topliss-reactive ketones (excluding diaryl/α,β-unsaturated/α-hetero) is 1. The van der Waals surface area contributed by atoms with Gasteiger partial charge in [-0.3, -0.25) is 4.79 Å². The molecule has 4 heteroatoms. The lowest BCUT2D eigenvalue weighted by Gasteiger charge is -2.25. The van der Waals surface area contributed by atoms with Crippen LogP contribution < -0.4 is 4.74 Å². The fraction of sp³-hybridized carbons (Fsp3) is 0.682. The first-order valence-electron chi connectivity index (χ1n) is 9.91. The molecule has 0 radical (unpaired) electrons. The van der Waals surface area contributed by atoms with Crippen LogP contribution in [-0.4, -0.2) is 50.1 Å². The maximum Gasteiger partial charge on any atom is 0.141 e. The number of ether oxygens (including phenoxy) is 2. The summed E-state index contributed by atoms with van der Waals surface area (Å²) in [7, 11) is 2.12. The van der Waals surface area contributed by atoms with Gasteiger partial charge in [-0.25, -0.2) is 0 Å². The van der Waals surface area contributed by atoms with Gasteiger partial charge in [0.05, 0.1) is 11.5 Å². The van der Waals surface area contributed by atoms with Crippen LogP contribution in [0.5, 0.6) is 5.75 Å². The average molecular weight is 362 g/mol. The summed E-state index contributed by atoms with van der Waals surface area (Å²) in [6, 6.07) is 8.07. The molecule has 0 unspecified atom stereocenters. The Bertz CT molecular complexity index is 585. The van der Waals surface area contributed by atoms with Crippen molar-refractivity contribution >= 4 is 5.78 Å². The Hall–Kier alpha value is -1.39. The van der Waals surface area contributed by atoms with Crippen molar-refractivity contribution in [1.82, 2.24) is 4.90 Å². The van der Waals surface area contributed by atoms with Crippen LogP contribution in [0.15, 0.2) is 24.3 Å². The van der Waals surface area contributed by atoms with Crippen molar-refractivity contribution in [3.8, 4) is 5.75 Å². The van der Waals surface area contributed by atoms with Gasteiger partial charge in [-0.15, -0.1) is 0 Å². The van der Waals surface area contributed by atoms with Crippen molar-refractivity contribution in [3.63, 3.8) is 0 Å². The summed E-state index contributed by atoms with van der Waals surface area (Å²) < 4.78 is 11.9. The van der Waals surface area contributed by atoms with Crippen LogP contribution in [0.4, 0.5) is 0 Å². The first-order valence-corrected chi connectivity index (χ1v) is 9.91. The second-order valence-electron chi connectivity index (χ2n) is 8.07. The molecule has 0 aromatic heterocycles. The summed E-state index contributed by atoms with van der Waals surface area (Å²) in [5.41, 5.74) is 0.705. The molecule has 0 N–H and O–H groups in total. The van der Waals surface area contributed by atoms with E-state index in [0.717, 1.165) is 38.3 Å². The second-order valence-corrected chi connectivity index (χ2v) is 8.07. The molecule has 0 aliphatic carbocycles. The van der Waals surface area contributed by atoms with Gasteiger partial charge in [0.25, 0.3) is 0 Å². The number of aryl methyl sites for hydroxylation is 1. The zero-order chi connectivity index (χ0) is 19.2. The minimum Gasteiger partial charge on any atom is -0.492 e. The molecule has 146 valence electrons. The molecule has 4 nitrogen and oxygen atoms in total. The van der Waals surface area contributed by atoms with E-state index in [-0.39, 0.29) is 11.9 Å². The minimum atomic E-state index is -0.480. The summed E-state index contributed by atoms with van der Waals surface area (Å²) in [4.78, 5) is 15.1.